The molecule has 0 spiro atoms. The second-order valence-electron chi connectivity index (χ2n) is 6.68. The Kier molecular flexibility index (Phi) is 7.92. The monoisotopic (exact) mass is 487 g/mol. The van der Waals surface area contributed by atoms with Gasteiger partial charge in [0.2, 0.25) is 0 Å². The lowest BCUT2D eigenvalue weighted by molar-refractivity contribution is -0.119. The normalized spacial score (nSPS) is 11.2. The molecule has 1 amide bonds. The molecule has 0 bridgehead atoms. The SMILES string of the molecule is COc1ccc(S(=O)(=O)N(CC(=O)NN=Cc2ccccc2Cl)c2ccccc2)cc1OC. The van der Waals surface area contributed by atoms with Gasteiger partial charge in [-0.1, -0.05) is 48.0 Å². The van der Waals surface area contributed by atoms with Crippen LogP contribution >= 0.6 is 11.6 Å². The number of methoxy groups -OCH3 is 2. The Morgan fingerprint density at radius 3 is 2.33 bits per heavy atom. The van der Waals surface area contributed by atoms with Crippen LogP contribution in [0.15, 0.2) is 82.8 Å². The van der Waals surface area contributed by atoms with Crippen molar-refractivity contribution < 1.29 is 22.7 Å². The smallest absolute Gasteiger partial charge is 0.264 e. The lowest BCUT2D eigenvalue weighted by Gasteiger charge is -2.24. The number of carbonyl (C=O) groups excluding carboxylic acids is 1. The molecule has 0 saturated heterocycles. The van der Waals surface area contributed by atoms with Crippen LogP contribution in [-0.2, 0) is 14.8 Å². The van der Waals surface area contributed by atoms with E-state index in [0.717, 1.165) is 4.31 Å². The summed E-state index contributed by atoms with van der Waals surface area (Å²) in [6.07, 6.45) is 1.38. The molecular formula is C23H22ClN3O5S. The van der Waals surface area contributed by atoms with Crippen LogP contribution in [0.3, 0.4) is 0 Å². The second-order valence-corrected chi connectivity index (χ2v) is 8.95. The summed E-state index contributed by atoms with van der Waals surface area (Å²) < 4.78 is 38.3. The van der Waals surface area contributed by atoms with E-state index in [-0.39, 0.29) is 10.6 Å². The zero-order valence-electron chi connectivity index (χ0n) is 17.9. The fraction of sp³-hybridized carbons (Fsp3) is 0.130. The summed E-state index contributed by atoms with van der Waals surface area (Å²) in [7, 11) is -1.26. The molecule has 0 aliphatic rings. The first-order valence-electron chi connectivity index (χ1n) is 9.73. The average molecular weight is 488 g/mol. The van der Waals surface area contributed by atoms with Crippen molar-refractivity contribution in [3.8, 4) is 11.5 Å². The first-order chi connectivity index (χ1) is 15.9. The number of para-hydroxylation sites is 1. The Morgan fingerprint density at radius 2 is 1.67 bits per heavy atom. The van der Waals surface area contributed by atoms with Crippen molar-refractivity contribution in [2.45, 2.75) is 4.90 Å². The number of carbonyl (C=O) groups is 1. The molecule has 0 aliphatic carbocycles. The Morgan fingerprint density at radius 1 is 1.00 bits per heavy atom. The molecule has 172 valence electrons. The van der Waals surface area contributed by atoms with Gasteiger partial charge in [0.15, 0.2) is 11.5 Å². The van der Waals surface area contributed by atoms with Crippen LogP contribution in [0.25, 0.3) is 0 Å². The maximum absolute atomic E-state index is 13.5. The van der Waals surface area contributed by atoms with Crippen LogP contribution in [0, 0.1) is 0 Å². The number of amides is 1. The van der Waals surface area contributed by atoms with Gasteiger partial charge in [-0.25, -0.2) is 13.8 Å². The molecule has 0 fully saturated rings. The van der Waals surface area contributed by atoms with Gasteiger partial charge in [-0.2, -0.15) is 5.10 Å². The van der Waals surface area contributed by atoms with Crippen LogP contribution in [0.2, 0.25) is 5.02 Å². The summed E-state index contributed by atoms with van der Waals surface area (Å²) in [5.74, 6) is 0.000880. The highest BCUT2D eigenvalue weighted by atomic mass is 35.5. The molecule has 0 unspecified atom stereocenters. The van der Waals surface area contributed by atoms with E-state index in [1.54, 1.807) is 54.6 Å². The first-order valence-corrected chi connectivity index (χ1v) is 11.5. The lowest BCUT2D eigenvalue weighted by atomic mass is 10.2. The average Bonchev–Trinajstić information content (AvgIpc) is 2.83. The highest BCUT2D eigenvalue weighted by Crippen LogP contribution is 2.32. The van der Waals surface area contributed by atoms with Gasteiger partial charge in [-0.15, -0.1) is 0 Å². The maximum atomic E-state index is 13.5. The Labute approximate surface area is 197 Å². The third-order valence-electron chi connectivity index (χ3n) is 4.57. The second kappa shape index (κ2) is 10.8. The molecule has 1 N–H and O–H groups in total. The highest BCUT2D eigenvalue weighted by molar-refractivity contribution is 7.92. The molecule has 10 heteroatoms. The summed E-state index contributed by atoms with van der Waals surface area (Å²) in [5, 5.41) is 4.36. The molecule has 3 rings (SSSR count). The summed E-state index contributed by atoms with van der Waals surface area (Å²) in [6.45, 7) is -0.499. The van der Waals surface area contributed by atoms with E-state index in [1.165, 1.54) is 38.6 Å². The first kappa shape index (κ1) is 24.1. The summed E-state index contributed by atoms with van der Waals surface area (Å²) in [6, 6.07) is 19.5. The number of hydrogen-bond donors (Lipinski definition) is 1. The van der Waals surface area contributed by atoms with Crippen molar-refractivity contribution in [2.75, 3.05) is 25.1 Å². The zero-order chi connectivity index (χ0) is 23.8. The Hall–Kier alpha value is -3.56. The van der Waals surface area contributed by atoms with E-state index in [2.05, 4.69) is 10.5 Å². The van der Waals surface area contributed by atoms with Crippen molar-refractivity contribution in [2.24, 2.45) is 5.10 Å². The van der Waals surface area contributed by atoms with Gasteiger partial charge >= 0.3 is 0 Å². The highest BCUT2D eigenvalue weighted by Gasteiger charge is 2.28. The molecule has 0 atom stereocenters. The number of ether oxygens (including phenoxy) is 2. The number of rotatable bonds is 9. The Bertz CT molecular complexity index is 1250. The molecule has 3 aromatic rings. The van der Waals surface area contributed by atoms with Crippen molar-refractivity contribution >= 4 is 39.4 Å². The number of nitrogens with zero attached hydrogens (tertiary/aromatic N) is 2. The van der Waals surface area contributed by atoms with Crippen molar-refractivity contribution in [3.05, 3.63) is 83.4 Å². The fourth-order valence-corrected chi connectivity index (χ4v) is 4.55. The lowest BCUT2D eigenvalue weighted by Crippen LogP contribution is -2.39. The topological polar surface area (TPSA) is 97.3 Å². The maximum Gasteiger partial charge on any atom is 0.264 e. The van der Waals surface area contributed by atoms with Crippen molar-refractivity contribution in [1.82, 2.24) is 5.43 Å². The molecule has 0 aromatic heterocycles. The summed E-state index contributed by atoms with van der Waals surface area (Å²) in [4.78, 5) is 12.5. The van der Waals surface area contributed by atoms with E-state index in [0.29, 0.717) is 22.0 Å². The van der Waals surface area contributed by atoms with Gasteiger partial charge in [0.1, 0.15) is 6.54 Å². The Balaban J connectivity index is 1.88. The number of halogens is 1. The van der Waals surface area contributed by atoms with E-state index >= 15 is 0 Å². The van der Waals surface area contributed by atoms with Gasteiger partial charge in [-0.3, -0.25) is 9.10 Å². The number of nitrogens with one attached hydrogen (secondary N) is 1. The molecule has 3 aromatic carbocycles. The third kappa shape index (κ3) is 5.82. The van der Waals surface area contributed by atoms with Crippen LogP contribution in [0.4, 0.5) is 5.69 Å². The van der Waals surface area contributed by atoms with E-state index < -0.39 is 22.5 Å². The van der Waals surface area contributed by atoms with Gasteiger partial charge in [0, 0.05) is 16.7 Å². The van der Waals surface area contributed by atoms with Crippen LogP contribution in [0.5, 0.6) is 11.5 Å². The minimum atomic E-state index is -4.13. The van der Waals surface area contributed by atoms with Gasteiger partial charge in [0.05, 0.1) is 31.0 Å². The summed E-state index contributed by atoms with van der Waals surface area (Å²) in [5.41, 5.74) is 3.27. The fourth-order valence-electron chi connectivity index (χ4n) is 2.93. The number of benzene rings is 3. The molecule has 33 heavy (non-hydrogen) atoms. The van der Waals surface area contributed by atoms with E-state index in [9.17, 15) is 13.2 Å². The zero-order valence-corrected chi connectivity index (χ0v) is 19.5. The minimum Gasteiger partial charge on any atom is -0.493 e. The predicted molar refractivity (Wildman–Crippen MR) is 128 cm³/mol. The third-order valence-corrected chi connectivity index (χ3v) is 6.69. The standard InChI is InChI=1S/C23H22ClN3O5S/c1-31-21-13-12-19(14-22(21)32-2)33(29,30)27(18-9-4-3-5-10-18)16-23(28)26-25-15-17-8-6-7-11-20(17)24/h3-15H,16H2,1-2H3,(H,26,28). The van der Waals surface area contributed by atoms with Crippen LogP contribution < -0.4 is 19.2 Å². The molecule has 0 aliphatic heterocycles. The minimum absolute atomic E-state index is 0.0589. The van der Waals surface area contributed by atoms with Gasteiger partial charge in [0.25, 0.3) is 15.9 Å². The number of anilines is 1. The largest absolute Gasteiger partial charge is 0.493 e. The number of hydrazone groups is 1. The van der Waals surface area contributed by atoms with E-state index in [4.69, 9.17) is 21.1 Å². The molecule has 0 heterocycles. The van der Waals surface area contributed by atoms with Crippen LogP contribution in [0.1, 0.15) is 5.56 Å². The quantitative estimate of drug-likeness (QED) is 0.366. The van der Waals surface area contributed by atoms with Gasteiger partial charge < -0.3 is 9.47 Å². The van der Waals surface area contributed by atoms with Gasteiger partial charge in [-0.05, 0) is 30.3 Å². The van der Waals surface area contributed by atoms with Crippen LogP contribution in [-0.4, -0.2) is 41.3 Å². The number of hydrogen-bond acceptors (Lipinski definition) is 6. The summed E-state index contributed by atoms with van der Waals surface area (Å²) >= 11 is 6.07. The number of sulfonamides is 1. The molecular weight excluding hydrogens is 466 g/mol. The molecule has 0 saturated carbocycles. The van der Waals surface area contributed by atoms with E-state index in [1.807, 2.05) is 0 Å². The predicted octanol–water partition coefficient (Wildman–Crippen LogP) is 3.70. The molecule has 0 radical (unpaired) electrons. The molecule has 8 nitrogen and oxygen atoms in total. The van der Waals surface area contributed by atoms with Crippen molar-refractivity contribution in [1.29, 1.82) is 0 Å². The van der Waals surface area contributed by atoms with Crippen molar-refractivity contribution in [3.63, 3.8) is 0 Å².